The van der Waals surface area contributed by atoms with E-state index in [1.807, 2.05) is 26.0 Å². The highest BCUT2D eigenvalue weighted by atomic mass is 35.5. The molecule has 0 radical (unpaired) electrons. The van der Waals surface area contributed by atoms with Crippen LogP contribution >= 0.6 is 23.2 Å². The number of sulfonamides is 1. The highest BCUT2D eigenvalue weighted by Crippen LogP contribution is 2.29. The third-order valence-corrected chi connectivity index (χ3v) is 8.76. The van der Waals surface area contributed by atoms with Crippen molar-refractivity contribution < 1.29 is 18.0 Å². The fourth-order valence-electron chi connectivity index (χ4n) is 3.92. The summed E-state index contributed by atoms with van der Waals surface area (Å²) >= 11 is 12.7. The number of amides is 2. The molecule has 2 amide bonds. The first-order valence-electron chi connectivity index (χ1n) is 12.1. The van der Waals surface area contributed by atoms with E-state index >= 15 is 0 Å². The minimum Gasteiger partial charge on any atom is -0.357 e. The minimum atomic E-state index is -4.12. The summed E-state index contributed by atoms with van der Waals surface area (Å²) in [5, 5.41) is 3.20. The topological polar surface area (TPSA) is 86.8 Å². The van der Waals surface area contributed by atoms with Crippen molar-refractivity contribution in [2.75, 3.05) is 17.9 Å². The van der Waals surface area contributed by atoms with Gasteiger partial charge in [-0.15, -0.1) is 0 Å². The fraction of sp³-hybridized carbons (Fsp3) is 0.286. The first-order valence-corrected chi connectivity index (χ1v) is 14.3. The third kappa shape index (κ3) is 6.67. The summed E-state index contributed by atoms with van der Waals surface area (Å²) < 4.78 is 28.6. The average molecular weight is 577 g/mol. The zero-order valence-electron chi connectivity index (χ0n) is 21.7. The van der Waals surface area contributed by atoms with Gasteiger partial charge in [0.05, 0.1) is 10.6 Å². The van der Waals surface area contributed by atoms with Crippen LogP contribution in [0.15, 0.2) is 77.7 Å². The summed E-state index contributed by atoms with van der Waals surface area (Å²) in [6, 6.07) is 19.0. The van der Waals surface area contributed by atoms with Gasteiger partial charge in [-0.1, -0.05) is 73.4 Å². The van der Waals surface area contributed by atoms with Crippen LogP contribution in [-0.4, -0.2) is 44.8 Å². The number of halogens is 2. The van der Waals surface area contributed by atoms with Gasteiger partial charge in [0.25, 0.3) is 10.0 Å². The molecule has 0 heterocycles. The van der Waals surface area contributed by atoms with E-state index in [2.05, 4.69) is 5.32 Å². The first-order chi connectivity index (χ1) is 18.0. The fourth-order valence-corrected chi connectivity index (χ4v) is 5.87. The van der Waals surface area contributed by atoms with E-state index in [0.717, 1.165) is 9.87 Å². The zero-order valence-corrected chi connectivity index (χ0v) is 24.0. The monoisotopic (exact) mass is 575 g/mol. The number of hydrogen-bond acceptors (Lipinski definition) is 4. The molecule has 0 saturated carbocycles. The Labute approximate surface area is 234 Å². The van der Waals surface area contributed by atoms with Gasteiger partial charge >= 0.3 is 0 Å². The Hall–Kier alpha value is -3.07. The van der Waals surface area contributed by atoms with Gasteiger partial charge in [-0.2, -0.15) is 0 Å². The molecule has 7 nitrogen and oxygen atoms in total. The Morgan fingerprint density at radius 1 is 0.868 bits per heavy atom. The molecule has 0 aliphatic carbocycles. The number of nitrogens with one attached hydrogen (secondary N) is 1. The molecule has 1 unspecified atom stereocenters. The minimum absolute atomic E-state index is 0.0424. The highest BCUT2D eigenvalue weighted by Gasteiger charge is 2.32. The molecule has 1 N–H and O–H groups in total. The second-order valence-corrected chi connectivity index (χ2v) is 11.8. The van der Waals surface area contributed by atoms with E-state index in [0.29, 0.717) is 21.3 Å². The molecule has 1 atom stereocenters. The quantitative estimate of drug-likeness (QED) is 0.347. The zero-order chi connectivity index (χ0) is 28.0. The molecule has 202 valence electrons. The van der Waals surface area contributed by atoms with E-state index in [1.165, 1.54) is 24.1 Å². The third-order valence-electron chi connectivity index (χ3n) is 6.26. The van der Waals surface area contributed by atoms with Crippen molar-refractivity contribution in [3.8, 4) is 0 Å². The van der Waals surface area contributed by atoms with Crippen LogP contribution in [0, 0.1) is 0 Å². The van der Waals surface area contributed by atoms with E-state index < -0.39 is 34.4 Å². The SMILES string of the molecule is CNC(=O)C(C)N(Cc1c(Cl)cccc1Cl)C(=O)CN(c1ccc(C(C)C)cc1)S(=O)(=O)c1ccccc1. The molecule has 0 bridgehead atoms. The molecule has 3 aromatic rings. The van der Waals surface area contributed by atoms with E-state index in [-0.39, 0.29) is 17.4 Å². The molecular weight excluding hydrogens is 545 g/mol. The summed E-state index contributed by atoms with van der Waals surface area (Å²) in [5.74, 6) is -0.765. The van der Waals surface area contributed by atoms with E-state index in [1.54, 1.807) is 55.5 Å². The van der Waals surface area contributed by atoms with Crippen molar-refractivity contribution in [3.63, 3.8) is 0 Å². The van der Waals surface area contributed by atoms with Gasteiger partial charge in [0.1, 0.15) is 12.6 Å². The van der Waals surface area contributed by atoms with E-state index in [4.69, 9.17) is 23.2 Å². The van der Waals surface area contributed by atoms with Crippen molar-refractivity contribution in [2.24, 2.45) is 0 Å². The molecular formula is C28H31Cl2N3O4S. The predicted octanol–water partition coefficient (Wildman–Crippen LogP) is 5.48. The van der Waals surface area contributed by atoms with Gasteiger partial charge in [-0.25, -0.2) is 8.42 Å². The van der Waals surface area contributed by atoms with Gasteiger partial charge in [-0.05, 0) is 54.8 Å². The van der Waals surface area contributed by atoms with Crippen molar-refractivity contribution in [3.05, 3.63) is 94.0 Å². The lowest BCUT2D eigenvalue weighted by atomic mass is 10.0. The van der Waals surface area contributed by atoms with Crippen molar-refractivity contribution in [2.45, 2.75) is 44.2 Å². The van der Waals surface area contributed by atoms with Crippen molar-refractivity contribution in [1.82, 2.24) is 10.2 Å². The smallest absolute Gasteiger partial charge is 0.264 e. The Bertz CT molecular complexity index is 1360. The molecule has 0 aliphatic heterocycles. The lowest BCUT2D eigenvalue weighted by Crippen LogP contribution is -2.50. The molecule has 0 aliphatic rings. The molecule has 10 heteroatoms. The first kappa shape index (κ1) is 29.5. The summed E-state index contributed by atoms with van der Waals surface area (Å²) in [7, 11) is -2.66. The Balaban J connectivity index is 2.06. The van der Waals surface area contributed by atoms with Gasteiger partial charge in [0.15, 0.2) is 0 Å². The van der Waals surface area contributed by atoms with Crippen LogP contribution in [0.1, 0.15) is 37.8 Å². The normalized spacial score (nSPS) is 12.2. The van der Waals surface area contributed by atoms with Crippen LogP contribution in [0.4, 0.5) is 5.69 Å². The maximum Gasteiger partial charge on any atom is 0.264 e. The molecule has 38 heavy (non-hydrogen) atoms. The molecule has 0 spiro atoms. The summed E-state index contributed by atoms with van der Waals surface area (Å²) in [6.07, 6.45) is 0. The number of benzene rings is 3. The van der Waals surface area contributed by atoms with Gasteiger partial charge in [-0.3, -0.25) is 13.9 Å². The summed E-state index contributed by atoms with van der Waals surface area (Å²) in [5.41, 5.74) is 1.81. The van der Waals surface area contributed by atoms with E-state index in [9.17, 15) is 18.0 Å². The second kappa shape index (κ2) is 12.7. The van der Waals surface area contributed by atoms with Crippen LogP contribution in [0.2, 0.25) is 10.0 Å². The van der Waals surface area contributed by atoms with Crippen LogP contribution in [0.25, 0.3) is 0 Å². The van der Waals surface area contributed by atoms with Gasteiger partial charge < -0.3 is 10.2 Å². The standard InChI is InChI=1S/C28H31Cl2N3O4S/c1-19(2)21-13-15-22(16-14-21)33(38(36,37)23-9-6-5-7-10-23)18-27(34)32(20(3)28(35)31-4)17-24-25(29)11-8-12-26(24)30/h5-16,19-20H,17-18H2,1-4H3,(H,31,35). The molecule has 3 rings (SSSR count). The van der Waals surface area contributed by atoms with Crippen LogP contribution in [-0.2, 0) is 26.2 Å². The number of carbonyl (C=O) groups excluding carboxylic acids is 2. The summed E-state index contributed by atoms with van der Waals surface area (Å²) in [4.78, 5) is 27.7. The average Bonchev–Trinajstić information content (AvgIpc) is 2.91. The molecule has 0 aromatic heterocycles. The van der Waals surface area contributed by atoms with Gasteiger partial charge in [0.2, 0.25) is 11.8 Å². The number of nitrogens with zero attached hydrogens (tertiary/aromatic N) is 2. The van der Waals surface area contributed by atoms with Crippen LogP contribution in [0.5, 0.6) is 0 Å². The lowest BCUT2D eigenvalue weighted by molar-refractivity contribution is -0.139. The number of likely N-dealkylation sites (N-methyl/N-ethyl adjacent to an activating group) is 1. The molecule has 0 fully saturated rings. The predicted molar refractivity (Wildman–Crippen MR) is 152 cm³/mol. The van der Waals surface area contributed by atoms with Crippen molar-refractivity contribution in [1.29, 1.82) is 0 Å². The largest absolute Gasteiger partial charge is 0.357 e. The highest BCUT2D eigenvalue weighted by molar-refractivity contribution is 7.92. The lowest BCUT2D eigenvalue weighted by Gasteiger charge is -2.32. The van der Waals surface area contributed by atoms with Crippen LogP contribution < -0.4 is 9.62 Å². The Morgan fingerprint density at radius 3 is 1.97 bits per heavy atom. The molecule has 3 aromatic carbocycles. The number of rotatable bonds is 10. The van der Waals surface area contributed by atoms with Crippen molar-refractivity contribution >= 4 is 50.7 Å². The number of anilines is 1. The van der Waals surface area contributed by atoms with Crippen LogP contribution in [0.3, 0.4) is 0 Å². The second-order valence-electron chi connectivity index (χ2n) is 9.08. The Morgan fingerprint density at radius 2 is 1.45 bits per heavy atom. The van der Waals surface area contributed by atoms with Gasteiger partial charge in [0, 0.05) is 29.2 Å². The molecule has 0 saturated heterocycles. The number of carbonyl (C=O) groups is 2. The maximum absolute atomic E-state index is 13.8. The maximum atomic E-state index is 13.8. The Kier molecular flexibility index (Phi) is 9.82. The summed E-state index contributed by atoms with van der Waals surface area (Å²) in [6.45, 7) is 5.01. The number of hydrogen-bond donors (Lipinski definition) is 1.